The number of allylic oxidation sites excluding steroid dienone is 1. The third kappa shape index (κ3) is 40.4. The van der Waals surface area contributed by atoms with E-state index in [1.54, 1.807) is 6.08 Å². The summed E-state index contributed by atoms with van der Waals surface area (Å²) in [7, 11) is 0. The molecule has 0 radical (unpaired) electrons. The molecule has 17 unspecified atom stereocenters. The molecule has 3 aliphatic heterocycles. The number of aliphatic hydroxyl groups is 11. The van der Waals surface area contributed by atoms with Gasteiger partial charge in [0.25, 0.3) is 0 Å². The van der Waals surface area contributed by atoms with Gasteiger partial charge in [-0.05, 0) is 19.3 Å². The van der Waals surface area contributed by atoms with Crippen molar-refractivity contribution in [2.75, 3.05) is 26.4 Å². The van der Waals surface area contributed by atoms with Crippen LogP contribution in [0.3, 0.4) is 0 Å². The minimum atomic E-state index is -1.98. The molecule has 1 amide bonds. The Hall–Kier alpha value is -1.47. The number of rotatable bonds is 65. The van der Waals surface area contributed by atoms with Gasteiger partial charge in [-0.3, -0.25) is 4.79 Å². The first-order valence-electron chi connectivity index (χ1n) is 40.4. The Kier molecular flexibility index (Phi) is 55.4. The zero-order valence-electron chi connectivity index (χ0n) is 61.3. The van der Waals surface area contributed by atoms with Crippen LogP contribution >= 0.6 is 0 Å². The van der Waals surface area contributed by atoms with Crippen molar-refractivity contribution in [3.05, 3.63) is 12.2 Å². The van der Waals surface area contributed by atoms with E-state index >= 15 is 0 Å². The summed E-state index contributed by atoms with van der Waals surface area (Å²) >= 11 is 0. The van der Waals surface area contributed by atoms with E-state index < -0.39 is 124 Å². The normalized spacial score (nSPS) is 26.9. The van der Waals surface area contributed by atoms with Gasteiger partial charge in [0.2, 0.25) is 5.91 Å². The molecule has 574 valence electrons. The van der Waals surface area contributed by atoms with Crippen LogP contribution in [0.5, 0.6) is 0 Å². The summed E-state index contributed by atoms with van der Waals surface area (Å²) in [6.07, 6.45) is 43.4. The Morgan fingerprint density at radius 2 is 0.639 bits per heavy atom. The molecule has 3 rings (SSSR count). The number of hydrogen-bond acceptors (Lipinski definition) is 18. The van der Waals surface area contributed by atoms with Crippen LogP contribution in [-0.2, 0) is 33.2 Å². The summed E-state index contributed by atoms with van der Waals surface area (Å²) in [5.74, 6) is -0.266. The lowest BCUT2D eigenvalue weighted by molar-refractivity contribution is -0.379. The van der Waals surface area contributed by atoms with Crippen LogP contribution in [0.2, 0.25) is 0 Å². The van der Waals surface area contributed by atoms with Crippen LogP contribution in [0.25, 0.3) is 0 Å². The van der Waals surface area contributed by atoms with Gasteiger partial charge in [0.05, 0.1) is 38.6 Å². The Bertz CT molecular complexity index is 1800. The summed E-state index contributed by atoms with van der Waals surface area (Å²) in [4.78, 5) is 13.5. The predicted octanol–water partition coefficient (Wildman–Crippen LogP) is 13.2. The maximum atomic E-state index is 13.5. The molecule has 17 atom stereocenters. The van der Waals surface area contributed by atoms with Crippen LogP contribution in [0.4, 0.5) is 0 Å². The third-order valence-corrected chi connectivity index (χ3v) is 20.6. The van der Waals surface area contributed by atoms with Crippen LogP contribution in [0, 0.1) is 0 Å². The zero-order chi connectivity index (χ0) is 70.4. The molecule has 3 saturated heterocycles. The van der Waals surface area contributed by atoms with Gasteiger partial charge < -0.3 is 89.9 Å². The van der Waals surface area contributed by atoms with Crippen molar-refractivity contribution in [1.82, 2.24) is 5.32 Å². The fourth-order valence-electron chi connectivity index (χ4n) is 14.1. The molecule has 0 bridgehead atoms. The summed E-state index contributed by atoms with van der Waals surface area (Å²) in [5, 5.41) is 121. The molecule has 12 N–H and O–H groups in total. The smallest absolute Gasteiger partial charge is 0.220 e. The molecule has 19 heteroatoms. The molecule has 0 spiro atoms. The van der Waals surface area contributed by atoms with Gasteiger partial charge in [0.15, 0.2) is 18.9 Å². The molecule has 0 aromatic rings. The SMILES string of the molecule is CCCCCCCCCCCCCCCCCCCCCCCCCCC/C=C/C(O)C(COC1OC(CO)C(OC2OC(CO)C(OC3OC(CO)C(O)C(O)C3O)C(O)C2O)C(O)C1O)NC(=O)CCCCCCCCCCCCCCCCCCCCCCCCCCC. The van der Waals surface area contributed by atoms with E-state index in [0.29, 0.717) is 6.42 Å². The average molecular weight is 1390 g/mol. The molecular weight excluding hydrogens is 1240 g/mol. The lowest BCUT2D eigenvalue weighted by Crippen LogP contribution is -2.66. The van der Waals surface area contributed by atoms with Gasteiger partial charge in [-0.1, -0.05) is 334 Å². The first-order valence-corrected chi connectivity index (χ1v) is 40.4. The fourth-order valence-corrected chi connectivity index (χ4v) is 14.1. The maximum absolute atomic E-state index is 13.5. The third-order valence-electron chi connectivity index (χ3n) is 20.6. The summed E-state index contributed by atoms with van der Waals surface area (Å²) in [5.41, 5.74) is 0. The largest absolute Gasteiger partial charge is 0.394 e. The molecule has 97 heavy (non-hydrogen) atoms. The summed E-state index contributed by atoms with van der Waals surface area (Å²) in [6.45, 7) is 1.81. The molecule has 0 aromatic carbocycles. The number of aliphatic hydroxyl groups excluding tert-OH is 11. The minimum Gasteiger partial charge on any atom is -0.394 e. The molecule has 3 heterocycles. The molecule has 0 aromatic heterocycles. The fraction of sp³-hybridized carbons (Fsp3) is 0.962. The van der Waals surface area contributed by atoms with E-state index in [2.05, 4.69) is 19.2 Å². The van der Waals surface area contributed by atoms with Gasteiger partial charge in [0.1, 0.15) is 73.2 Å². The standard InChI is InChI=1S/C78H149NO18/c1-3-5-7-9-11-13-15-17-19-21-23-25-27-29-30-32-33-35-37-39-41-43-45-47-49-51-53-55-62(83)61(79-66(84)56-54-52-50-48-46-44-42-40-38-36-34-31-28-26-24-22-20-18-16-14-12-10-8-6-4-2)60-92-76-72(90)69(87)74(64(58-81)94-76)97-78-73(91)70(88)75(65(59-82)95-78)96-77-71(89)68(86)67(85)63(57-80)93-77/h53,55,61-65,67-78,80-83,85-91H,3-52,54,56-60H2,1-2H3,(H,79,84)/b55-53+. The minimum absolute atomic E-state index is 0.250. The van der Waals surface area contributed by atoms with E-state index in [0.717, 1.165) is 44.9 Å². The van der Waals surface area contributed by atoms with Gasteiger partial charge in [-0.15, -0.1) is 0 Å². The number of carbonyl (C=O) groups is 1. The number of carbonyl (C=O) groups excluding carboxylic acids is 1. The highest BCUT2D eigenvalue weighted by Crippen LogP contribution is 2.33. The Morgan fingerprint density at radius 1 is 0.361 bits per heavy atom. The topological polar surface area (TPSA) is 307 Å². The monoisotopic (exact) mass is 1390 g/mol. The highest BCUT2D eigenvalue weighted by molar-refractivity contribution is 5.76. The highest BCUT2D eigenvalue weighted by Gasteiger charge is 2.54. The second-order valence-electron chi connectivity index (χ2n) is 29.2. The van der Waals surface area contributed by atoms with Crippen LogP contribution < -0.4 is 5.32 Å². The van der Waals surface area contributed by atoms with Crippen molar-refractivity contribution in [2.45, 2.75) is 452 Å². The van der Waals surface area contributed by atoms with Crippen molar-refractivity contribution in [3.63, 3.8) is 0 Å². The Labute approximate surface area is 588 Å². The van der Waals surface area contributed by atoms with Crippen molar-refractivity contribution in [2.24, 2.45) is 0 Å². The quantitative estimate of drug-likeness (QED) is 0.0199. The average Bonchev–Trinajstić information content (AvgIpc) is 0.789. The first-order chi connectivity index (χ1) is 47.3. The number of hydrogen-bond donors (Lipinski definition) is 12. The molecule has 0 aliphatic carbocycles. The maximum Gasteiger partial charge on any atom is 0.220 e. The van der Waals surface area contributed by atoms with Crippen LogP contribution in [-0.4, -0.2) is 193 Å². The van der Waals surface area contributed by atoms with Crippen molar-refractivity contribution < 1.29 is 89.4 Å². The summed E-state index contributed by atoms with van der Waals surface area (Å²) in [6, 6.07) is -0.970. The summed E-state index contributed by atoms with van der Waals surface area (Å²) < 4.78 is 34.5. The van der Waals surface area contributed by atoms with Crippen LogP contribution in [0.15, 0.2) is 12.2 Å². The van der Waals surface area contributed by atoms with E-state index in [9.17, 15) is 61.0 Å². The molecule has 0 saturated carbocycles. The number of unbranched alkanes of at least 4 members (excludes halogenated alkanes) is 49. The van der Waals surface area contributed by atoms with Gasteiger partial charge in [0, 0.05) is 6.42 Å². The molecule has 3 fully saturated rings. The van der Waals surface area contributed by atoms with Gasteiger partial charge >= 0.3 is 0 Å². The van der Waals surface area contributed by atoms with E-state index in [1.807, 2.05) is 6.08 Å². The number of amides is 1. The lowest BCUT2D eigenvalue weighted by Gasteiger charge is -2.48. The lowest BCUT2D eigenvalue weighted by atomic mass is 9.96. The van der Waals surface area contributed by atoms with Crippen molar-refractivity contribution in [1.29, 1.82) is 0 Å². The highest BCUT2D eigenvalue weighted by atomic mass is 16.8. The van der Waals surface area contributed by atoms with Crippen molar-refractivity contribution in [3.8, 4) is 0 Å². The Balaban J connectivity index is 1.38. The second kappa shape index (κ2) is 59.9. The van der Waals surface area contributed by atoms with Gasteiger partial charge in [-0.2, -0.15) is 0 Å². The predicted molar refractivity (Wildman–Crippen MR) is 383 cm³/mol. The number of ether oxygens (including phenoxy) is 6. The van der Waals surface area contributed by atoms with Crippen LogP contribution in [0.1, 0.15) is 348 Å². The second-order valence-corrected chi connectivity index (χ2v) is 29.2. The number of nitrogens with one attached hydrogen (secondary N) is 1. The Morgan fingerprint density at radius 3 is 0.969 bits per heavy atom. The first kappa shape index (κ1) is 89.7. The van der Waals surface area contributed by atoms with E-state index in [1.165, 1.54) is 276 Å². The van der Waals surface area contributed by atoms with E-state index in [4.69, 9.17) is 28.4 Å². The zero-order valence-corrected chi connectivity index (χ0v) is 61.3. The van der Waals surface area contributed by atoms with Crippen molar-refractivity contribution >= 4 is 5.91 Å². The molecular formula is C78H149NO18. The van der Waals surface area contributed by atoms with E-state index in [-0.39, 0.29) is 18.9 Å². The molecule has 3 aliphatic rings. The van der Waals surface area contributed by atoms with Gasteiger partial charge in [-0.25, -0.2) is 0 Å². The molecule has 19 nitrogen and oxygen atoms in total.